The van der Waals surface area contributed by atoms with E-state index in [9.17, 15) is 9.90 Å². The highest BCUT2D eigenvalue weighted by Crippen LogP contribution is 2.52. The predicted octanol–water partition coefficient (Wildman–Crippen LogP) is 4.60. The Kier molecular flexibility index (Phi) is 7.82. The van der Waals surface area contributed by atoms with Gasteiger partial charge in [-0.15, -0.1) is 0 Å². The molecule has 5 N–H and O–H groups in total. The van der Waals surface area contributed by atoms with Gasteiger partial charge in [-0.1, -0.05) is 68.2 Å². The number of carbonyl (C=O) groups excluding carboxylic acids is 1. The number of aliphatic hydroxyl groups excluding tert-OH is 1. The van der Waals surface area contributed by atoms with Crippen molar-refractivity contribution in [3.63, 3.8) is 0 Å². The van der Waals surface area contributed by atoms with Crippen molar-refractivity contribution >= 4 is 29.1 Å². The van der Waals surface area contributed by atoms with E-state index in [1.54, 1.807) is 0 Å². The first-order valence-electron chi connectivity index (χ1n) is 11.4. The van der Waals surface area contributed by atoms with Crippen LogP contribution < -0.4 is 16.4 Å². The fourth-order valence-corrected chi connectivity index (χ4v) is 5.46. The number of hydrogen-bond donors (Lipinski definition) is 4. The van der Waals surface area contributed by atoms with Crippen LogP contribution in [0.1, 0.15) is 57.6 Å². The predicted molar refractivity (Wildman–Crippen MR) is 136 cm³/mol. The number of hydrogen-bond acceptors (Lipinski definition) is 4. The Hall–Kier alpha value is -1.63. The number of aliphatic hydroxyl groups is 1. The highest BCUT2D eigenvalue weighted by Gasteiger charge is 2.62. The third kappa shape index (κ3) is 5.39. The molecule has 180 valence electrons. The summed E-state index contributed by atoms with van der Waals surface area (Å²) in [5.41, 5.74) is 7.25. The molecule has 1 unspecified atom stereocenters. The minimum atomic E-state index is -1.01. The van der Waals surface area contributed by atoms with Crippen molar-refractivity contribution in [1.82, 2.24) is 10.6 Å². The van der Waals surface area contributed by atoms with Crippen LogP contribution in [0.3, 0.4) is 0 Å². The quantitative estimate of drug-likeness (QED) is 0.426. The Morgan fingerprint density at radius 3 is 2.39 bits per heavy atom. The van der Waals surface area contributed by atoms with Crippen LogP contribution in [0.15, 0.2) is 48.5 Å². The molecule has 7 heteroatoms. The highest BCUT2D eigenvalue weighted by molar-refractivity contribution is 6.30. The summed E-state index contributed by atoms with van der Waals surface area (Å²) in [6.45, 7) is 8.82. The summed E-state index contributed by atoms with van der Waals surface area (Å²) in [5.74, 6) is -0.563. The summed E-state index contributed by atoms with van der Waals surface area (Å²) < 4.78 is 0. The van der Waals surface area contributed by atoms with E-state index in [1.807, 2.05) is 55.5 Å². The van der Waals surface area contributed by atoms with Gasteiger partial charge in [0, 0.05) is 35.2 Å². The minimum Gasteiger partial charge on any atom is -0.396 e. The summed E-state index contributed by atoms with van der Waals surface area (Å²) in [7, 11) is 0. The van der Waals surface area contributed by atoms with Gasteiger partial charge in [0.2, 0.25) is 5.91 Å². The van der Waals surface area contributed by atoms with E-state index >= 15 is 0 Å². The second-order valence-electron chi connectivity index (χ2n) is 10.4. The van der Waals surface area contributed by atoms with Gasteiger partial charge in [0.1, 0.15) is 5.54 Å². The van der Waals surface area contributed by atoms with Crippen molar-refractivity contribution in [3.8, 4) is 0 Å². The van der Waals surface area contributed by atoms with E-state index in [-0.39, 0.29) is 24.0 Å². The summed E-state index contributed by atoms with van der Waals surface area (Å²) in [6.07, 6.45) is 1.24. The maximum absolute atomic E-state index is 13.6. The first kappa shape index (κ1) is 26.0. The number of nitrogens with one attached hydrogen (secondary N) is 2. The molecule has 0 radical (unpaired) electrons. The van der Waals surface area contributed by atoms with Gasteiger partial charge in [-0.25, -0.2) is 0 Å². The molecule has 1 fully saturated rings. The molecule has 3 rings (SSSR count). The number of benzene rings is 2. The molecule has 33 heavy (non-hydrogen) atoms. The fraction of sp³-hybridized carbons (Fsp3) is 0.500. The zero-order chi connectivity index (χ0) is 24.4. The maximum Gasteiger partial charge on any atom is 0.240 e. The molecule has 1 aliphatic heterocycles. The van der Waals surface area contributed by atoms with Crippen LogP contribution in [0, 0.1) is 5.41 Å². The number of nitrogens with two attached hydrogens (primary N) is 1. The Morgan fingerprint density at radius 1 is 1.15 bits per heavy atom. The van der Waals surface area contributed by atoms with Gasteiger partial charge in [0.15, 0.2) is 0 Å². The Morgan fingerprint density at radius 2 is 1.82 bits per heavy atom. The average molecular weight is 492 g/mol. The smallest absolute Gasteiger partial charge is 0.240 e. The molecule has 5 nitrogen and oxygen atoms in total. The Balaban J connectivity index is 2.21. The molecular formula is C26H35Cl2N3O2. The van der Waals surface area contributed by atoms with Crippen LogP contribution in [0.25, 0.3) is 0 Å². The van der Waals surface area contributed by atoms with Crippen molar-refractivity contribution in [2.45, 2.75) is 63.6 Å². The molecule has 2 aromatic carbocycles. The molecule has 1 heterocycles. The first-order chi connectivity index (χ1) is 15.4. The van der Waals surface area contributed by atoms with E-state index in [0.717, 1.165) is 17.5 Å². The van der Waals surface area contributed by atoms with Crippen LogP contribution in [-0.4, -0.2) is 35.7 Å². The lowest BCUT2D eigenvalue weighted by Crippen LogP contribution is -2.56. The zero-order valence-corrected chi connectivity index (χ0v) is 21.3. The Bertz CT molecular complexity index is 976. The number of halogens is 2. The molecule has 0 aromatic heterocycles. The van der Waals surface area contributed by atoms with Crippen LogP contribution in [0.2, 0.25) is 10.0 Å². The van der Waals surface area contributed by atoms with Gasteiger partial charge in [-0.2, -0.15) is 0 Å². The number of rotatable bonds is 7. The fourth-order valence-electron chi connectivity index (χ4n) is 5.14. The molecular weight excluding hydrogens is 457 g/mol. The molecule has 0 bridgehead atoms. The van der Waals surface area contributed by atoms with Gasteiger partial charge < -0.3 is 16.2 Å². The van der Waals surface area contributed by atoms with Crippen molar-refractivity contribution in [3.05, 3.63) is 69.7 Å². The van der Waals surface area contributed by atoms with E-state index < -0.39 is 17.0 Å². The second kappa shape index (κ2) is 9.93. The average Bonchev–Trinajstić information content (AvgIpc) is 2.95. The zero-order valence-electron chi connectivity index (χ0n) is 19.8. The highest BCUT2D eigenvalue weighted by atomic mass is 35.5. The third-order valence-electron chi connectivity index (χ3n) is 6.54. The molecule has 1 saturated heterocycles. The van der Waals surface area contributed by atoms with Crippen LogP contribution >= 0.6 is 23.2 Å². The lowest BCUT2D eigenvalue weighted by molar-refractivity contribution is -0.127. The summed E-state index contributed by atoms with van der Waals surface area (Å²) in [4.78, 5) is 13.6. The van der Waals surface area contributed by atoms with E-state index in [2.05, 4.69) is 31.4 Å². The molecule has 4 atom stereocenters. The van der Waals surface area contributed by atoms with Crippen LogP contribution in [0.4, 0.5) is 0 Å². The summed E-state index contributed by atoms with van der Waals surface area (Å²) in [6, 6.07) is 15.0. The number of amides is 1. The Labute approximate surface area is 207 Å². The lowest BCUT2D eigenvalue weighted by Gasteiger charge is -2.41. The largest absolute Gasteiger partial charge is 0.396 e. The standard InChI is InChI=1S/C26H35Cl2N3O2/c1-24(2,3)16-21-26(29,18-9-11-19(27)12-10-18)22(17-7-5-8-20(28)15-17)25(4,31-21)23(33)30-13-6-14-32/h5,7-12,15,21-22,31-32H,6,13-14,16,29H2,1-4H3,(H,30,33)/t21-,22-,25+,26?/m0/s1. The van der Waals surface area contributed by atoms with Crippen LogP contribution in [-0.2, 0) is 10.3 Å². The van der Waals surface area contributed by atoms with Crippen molar-refractivity contribution in [1.29, 1.82) is 0 Å². The first-order valence-corrected chi connectivity index (χ1v) is 12.1. The van der Waals surface area contributed by atoms with Crippen LogP contribution in [0.5, 0.6) is 0 Å². The van der Waals surface area contributed by atoms with Gasteiger partial charge in [0.05, 0.1) is 5.54 Å². The van der Waals surface area contributed by atoms with Crippen molar-refractivity contribution in [2.24, 2.45) is 11.1 Å². The monoisotopic (exact) mass is 491 g/mol. The van der Waals surface area contributed by atoms with Gasteiger partial charge in [0.25, 0.3) is 0 Å². The molecule has 0 aliphatic carbocycles. The van der Waals surface area contributed by atoms with Gasteiger partial charge in [-0.05, 0) is 60.6 Å². The normalized spacial score (nSPS) is 27.5. The topological polar surface area (TPSA) is 87.4 Å². The van der Waals surface area contributed by atoms with Gasteiger partial charge in [-0.3, -0.25) is 10.1 Å². The second-order valence-corrected chi connectivity index (χ2v) is 11.3. The molecule has 0 saturated carbocycles. The summed E-state index contributed by atoms with van der Waals surface area (Å²) in [5, 5.41) is 17.0. The maximum atomic E-state index is 13.6. The molecule has 2 aromatic rings. The lowest BCUT2D eigenvalue weighted by atomic mass is 9.65. The minimum absolute atomic E-state index is 0.0143. The molecule has 0 spiro atoms. The van der Waals surface area contributed by atoms with Crippen molar-refractivity contribution in [2.75, 3.05) is 13.2 Å². The van der Waals surface area contributed by atoms with E-state index in [0.29, 0.717) is 23.0 Å². The SMILES string of the molecule is CC(C)(C)C[C@@H]1N[C@@](C)(C(=O)NCCCO)[C@H](c2cccc(Cl)c2)C1(N)c1ccc(Cl)cc1. The third-order valence-corrected chi connectivity index (χ3v) is 7.03. The van der Waals surface area contributed by atoms with E-state index in [1.165, 1.54) is 0 Å². The molecule has 1 amide bonds. The van der Waals surface area contributed by atoms with Gasteiger partial charge >= 0.3 is 0 Å². The van der Waals surface area contributed by atoms with E-state index in [4.69, 9.17) is 28.9 Å². The molecule has 1 aliphatic rings. The summed E-state index contributed by atoms with van der Waals surface area (Å²) >= 11 is 12.6. The van der Waals surface area contributed by atoms with Crippen molar-refractivity contribution < 1.29 is 9.90 Å². The number of carbonyl (C=O) groups is 1.